The zero-order chi connectivity index (χ0) is 17.4. The van der Waals surface area contributed by atoms with Crippen LogP contribution in [-0.2, 0) is 20.0 Å². The smallest absolute Gasteiger partial charge is 0.269 e. The number of anilines is 2. The highest BCUT2D eigenvalue weighted by atomic mass is 32.2. The number of benzene rings is 1. The maximum Gasteiger partial charge on any atom is 0.269 e. The van der Waals surface area contributed by atoms with E-state index in [0.29, 0.717) is 11.4 Å². The van der Waals surface area contributed by atoms with Gasteiger partial charge in [-0.1, -0.05) is 5.16 Å². The fraction of sp³-hybridized carbons (Fsp3) is 0.308. The summed E-state index contributed by atoms with van der Waals surface area (Å²) in [5, 5.41) is 3.66. The maximum atomic E-state index is 12.7. The Labute approximate surface area is 135 Å². The van der Waals surface area contributed by atoms with Crippen molar-refractivity contribution in [2.75, 3.05) is 22.3 Å². The fourth-order valence-electron chi connectivity index (χ4n) is 2.07. The number of nitrogens with one attached hydrogen (secondary N) is 1. The lowest BCUT2D eigenvalue weighted by Gasteiger charge is -2.19. The van der Waals surface area contributed by atoms with E-state index in [4.69, 9.17) is 4.52 Å². The van der Waals surface area contributed by atoms with Crippen molar-refractivity contribution >= 4 is 31.4 Å². The average molecular weight is 359 g/mol. The van der Waals surface area contributed by atoms with E-state index in [9.17, 15) is 16.8 Å². The number of hydrogen-bond donors (Lipinski definition) is 1. The number of sulfonamides is 2. The molecule has 0 unspecified atom stereocenters. The zero-order valence-corrected chi connectivity index (χ0v) is 14.7. The molecule has 2 rings (SSSR count). The lowest BCUT2D eigenvalue weighted by Crippen LogP contribution is -2.27. The third-order valence-electron chi connectivity index (χ3n) is 3.12. The van der Waals surface area contributed by atoms with Crippen LogP contribution < -0.4 is 9.03 Å². The minimum Gasteiger partial charge on any atom is -0.360 e. The van der Waals surface area contributed by atoms with Crippen LogP contribution >= 0.6 is 0 Å². The quantitative estimate of drug-likeness (QED) is 0.866. The summed E-state index contributed by atoms with van der Waals surface area (Å²) >= 11 is 0. The number of nitrogens with zero attached hydrogens (tertiary/aromatic N) is 2. The predicted octanol–water partition coefficient (Wildman–Crippen LogP) is 1.49. The molecule has 1 aromatic carbocycles. The van der Waals surface area contributed by atoms with E-state index in [1.54, 1.807) is 6.92 Å². The van der Waals surface area contributed by atoms with Crippen molar-refractivity contribution in [2.24, 2.45) is 0 Å². The van der Waals surface area contributed by atoms with Crippen LogP contribution in [0.1, 0.15) is 11.5 Å². The summed E-state index contributed by atoms with van der Waals surface area (Å²) in [6.45, 7) is 3.08. The van der Waals surface area contributed by atoms with Crippen molar-refractivity contribution in [3.05, 3.63) is 35.7 Å². The van der Waals surface area contributed by atoms with Gasteiger partial charge in [-0.3, -0.25) is 9.03 Å². The Morgan fingerprint density at radius 3 is 2.09 bits per heavy atom. The lowest BCUT2D eigenvalue weighted by atomic mass is 10.3. The fourth-order valence-corrected chi connectivity index (χ4v) is 4.12. The van der Waals surface area contributed by atoms with Crippen LogP contribution in [0.2, 0.25) is 0 Å². The molecule has 10 heteroatoms. The SMILES string of the molecule is Cc1noc(C)c1S(=O)(=O)N(C)c1ccc(NS(C)(=O)=O)cc1. The first-order valence-corrected chi connectivity index (χ1v) is 9.85. The Balaban J connectivity index is 2.35. The second kappa shape index (κ2) is 5.85. The number of aromatic nitrogens is 1. The van der Waals surface area contributed by atoms with E-state index < -0.39 is 20.0 Å². The first kappa shape index (κ1) is 17.3. The van der Waals surface area contributed by atoms with E-state index >= 15 is 0 Å². The Morgan fingerprint density at radius 1 is 1.09 bits per heavy atom. The van der Waals surface area contributed by atoms with Gasteiger partial charge in [0, 0.05) is 12.7 Å². The lowest BCUT2D eigenvalue weighted by molar-refractivity contribution is 0.390. The van der Waals surface area contributed by atoms with Crippen molar-refractivity contribution in [1.82, 2.24) is 5.16 Å². The molecule has 126 valence electrons. The molecule has 0 aliphatic rings. The summed E-state index contributed by atoms with van der Waals surface area (Å²) in [6.07, 6.45) is 1.04. The van der Waals surface area contributed by atoms with Crippen LogP contribution in [0.25, 0.3) is 0 Å². The van der Waals surface area contributed by atoms with Gasteiger partial charge in [0.05, 0.1) is 11.9 Å². The highest BCUT2D eigenvalue weighted by molar-refractivity contribution is 7.93. The number of rotatable bonds is 5. The monoisotopic (exact) mass is 359 g/mol. The first-order valence-electron chi connectivity index (χ1n) is 6.52. The van der Waals surface area contributed by atoms with E-state index in [0.717, 1.165) is 10.6 Å². The third-order valence-corrected chi connectivity index (χ3v) is 5.76. The van der Waals surface area contributed by atoms with E-state index in [2.05, 4.69) is 9.88 Å². The molecule has 0 bridgehead atoms. The van der Waals surface area contributed by atoms with Gasteiger partial charge in [0.25, 0.3) is 10.0 Å². The minimum absolute atomic E-state index is 0.0262. The van der Waals surface area contributed by atoms with Crippen molar-refractivity contribution in [3.63, 3.8) is 0 Å². The topological polar surface area (TPSA) is 110 Å². The zero-order valence-electron chi connectivity index (χ0n) is 13.1. The molecule has 23 heavy (non-hydrogen) atoms. The number of hydrogen-bond acceptors (Lipinski definition) is 6. The van der Waals surface area contributed by atoms with E-state index in [1.807, 2.05) is 0 Å². The van der Waals surface area contributed by atoms with Gasteiger partial charge in [-0.25, -0.2) is 16.8 Å². The van der Waals surface area contributed by atoms with Crippen molar-refractivity contribution in [2.45, 2.75) is 18.7 Å². The minimum atomic E-state index is -3.82. The van der Waals surface area contributed by atoms with Gasteiger partial charge in [-0.15, -0.1) is 0 Å². The predicted molar refractivity (Wildman–Crippen MR) is 86.5 cm³/mol. The van der Waals surface area contributed by atoms with Crippen LogP contribution in [-0.4, -0.2) is 35.3 Å². The normalized spacial score (nSPS) is 12.2. The average Bonchev–Trinajstić information content (AvgIpc) is 2.77. The van der Waals surface area contributed by atoms with Crippen molar-refractivity contribution < 1.29 is 21.4 Å². The van der Waals surface area contributed by atoms with Crippen LogP contribution in [0.5, 0.6) is 0 Å². The molecule has 0 radical (unpaired) electrons. The van der Waals surface area contributed by atoms with Crippen LogP contribution in [0.4, 0.5) is 11.4 Å². The molecule has 0 aliphatic heterocycles. The largest absolute Gasteiger partial charge is 0.360 e. The second-order valence-corrected chi connectivity index (χ2v) is 8.70. The summed E-state index contributed by atoms with van der Waals surface area (Å²) in [4.78, 5) is 0.0262. The molecule has 0 atom stereocenters. The molecule has 8 nitrogen and oxygen atoms in total. The molecular formula is C13H17N3O5S2. The van der Waals surface area contributed by atoms with Crippen molar-refractivity contribution in [1.29, 1.82) is 0 Å². The highest BCUT2D eigenvalue weighted by Crippen LogP contribution is 2.27. The van der Waals surface area contributed by atoms with Gasteiger partial charge in [0.2, 0.25) is 10.0 Å². The van der Waals surface area contributed by atoms with Gasteiger partial charge < -0.3 is 4.52 Å². The molecule has 0 amide bonds. The Hall–Kier alpha value is -2.07. The molecule has 1 heterocycles. The van der Waals surface area contributed by atoms with Crippen LogP contribution in [0.3, 0.4) is 0 Å². The summed E-state index contributed by atoms with van der Waals surface area (Å²) in [5.41, 5.74) is 1.01. The Bertz CT molecular complexity index is 896. The molecule has 2 aromatic rings. The van der Waals surface area contributed by atoms with Crippen LogP contribution in [0, 0.1) is 13.8 Å². The molecule has 0 spiro atoms. The van der Waals surface area contributed by atoms with Gasteiger partial charge in [0.15, 0.2) is 10.7 Å². The molecule has 0 saturated carbocycles. The summed E-state index contributed by atoms with van der Waals surface area (Å²) in [6, 6.07) is 5.97. The number of aryl methyl sites for hydroxylation is 2. The summed E-state index contributed by atoms with van der Waals surface area (Å²) in [5.74, 6) is 0.213. The second-order valence-electron chi connectivity index (χ2n) is 5.05. The molecule has 0 fully saturated rings. The maximum absolute atomic E-state index is 12.7. The summed E-state index contributed by atoms with van der Waals surface area (Å²) in [7, 11) is -5.80. The first-order chi connectivity index (χ1) is 10.5. The van der Waals surface area contributed by atoms with Gasteiger partial charge >= 0.3 is 0 Å². The standard InChI is InChI=1S/C13H17N3O5S2/c1-9-13(10(2)21-14-9)23(19,20)16(3)12-7-5-11(6-8-12)15-22(4,17)18/h5-8,15H,1-4H3. The van der Waals surface area contributed by atoms with E-state index in [1.165, 1.54) is 38.2 Å². The molecule has 0 aliphatic carbocycles. The Kier molecular flexibility index (Phi) is 4.40. The summed E-state index contributed by atoms with van der Waals surface area (Å²) < 4.78 is 56.0. The molecule has 1 aromatic heterocycles. The van der Waals surface area contributed by atoms with Crippen LogP contribution in [0.15, 0.2) is 33.7 Å². The molecule has 0 saturated heterocycles. The van der Waals surface area contributed by atoms with Gasteiger partial charge in [-0.2, -0.15) is 0 Å². The third kappa shape index (κ3) is 3.64. The molecule has 1 N–H and O–H groups in total. The van der Waals surface area contributed by atoms with Gasteiger partial charge in [-0.05, 0) is 38.1 Å². The van der Waals surface area contributed by atoms with Crippen molar-refractivity contribution in [3.8, 4) is 0 Å². The van der Waals surface area contributed by atoms with E-state index in [-0.39, 0.29) is 16.3 Å². The van der Waals surface area contributed by atoms with Gasteiger partial charge in [0.1, 0.15) is 5.69 Å². The Morgan fingerprint density at radius 2 is 1.65 bits per heavy atom. The molecular weight excluding hydrogens is 342 g/mol. The highest BCUT2D eigenvalue weighted by Gasteiger charge is 2.28.